The van der Waals surface area contributed by atoms with Gasteiger partial charge in [0, 0.05) is 10.9 Å². The molecule has 12 heteroatoms. The molecule has 184 valence electrons. The van der Waals surface area contributed by atoms with Crippen LogP contribution in [0.3, 0.4) is 0 Å². The van der Waals surface area contributed by atoms with Gasteiger partial charge in [0.1, 0.15) is 5.69 Å². The van der Waals surface area contributed by atoms with E-state index in [0.29, 0.717) is 22.2 Å². The highest BCUT2D eigenvalue weighted by molar-refractivity contribution is 7.91. The van der Waals surface area contributed by atoms with Crippen molar-refractivity contribution in [3.8, 4) is 17.5 Å². The Labute approximate surface area is 209 Å². The lowest BCUT2D eigenvalue weighted by Crippen LogP contribution is -2.15. The van der Waals surface area contributed by atoms with Crippen molar-refractivity contribution in [1.29, 1.82) is 5.26 Å². The largest absolute Gasteiger partial charge is 0.439 e. The van der Waals surface area contributed by atoms with Crippen LogP contribution in [0.4, 0.5) is 11.4 Å². The van der Waals surface area contributed by atoms with Gasteiger partial charge in [-0.05, 0) is 35.9 Å². The van der Waals surface area contributed by atoms with Crippen molar-refractivity contribution >= 4 is 38.2 Å². The van der Waals surface area contributed by atoms with Crippen LogP contribution in [0.25, 0.3) is 22.3 Å². The maximum atomic E-state index is 13.1. The Morgan fingerprint density at radius 1 is 1.00 bits per heavy atom. The third-order valence-corrected chi connectivity index (χ3v) is 6.70. The summed E-state index contributed by atoms with van der Waals surface area (Å²) in [4.78, 5) is 29.9. The van der Waals surface area contributed by atoms with Crippen molar-refractivity contribution in [2.45, 2.75) is 5.75 Å². The van der Waals surface area contributed by atoms with E-state index in [2.05, 4.69) is 29.7 Å². The quantitative estimate of drug-likeness (QED) is 0.257. The molecule has 0 atom stereocenters. The topological polar surface area (TPSA) is 174 Å². The van der Waals surface area contributed by atoms with Crippen LogP contribution in [-0.2, 0) is 15.8 Å². The normalized spacial score (nSPS) is 11.2. The van der Waals surface area contributed by atoms with Gasteiger partial charge in [-0.25, -0.2) is 13.2 Å². The molecule has 0 aliphatic heterocycles. The number of nitrogens with zero attached hydrogens (tertiary/aromatic N) is 2. The molecule has 5 aromatic rings. The molecule has 0 bridgehead atoms. The van der Waals surface area contributed by atoms with Crippen LogP contribution in [0.1, 0.15) is 21.6 Å². The van der Waals surface area contributed by atoms with E-state index in [0.717, 1.165) is 0 Å². The number of aromatic nitrogens is 3. The van der Waals surface area contributed by atoms with Gasteiger partial charge in [-0.2, -0.15) is 5.26 Å². The van der Waals surface area contributed by atoms with Gasteiger partial charge in [0.15, 0.2) is 5.82 Å². The van der Waals surface area contributed by atoms with Crippen molar-refractivity contribution in [3.63, 3.8) is 0 Å². The van der Waals surface area contributed by atoms with E-state index >= 15 is 0 Å². The number of nitrogens with one attached hydrogen (secondary N) is 4. The van der Waals surface area contributed by atoms with Gasteiger partial charge in [0.25, 0.3) is 5.91 Å². The number of carbonyl (C=O) groups is 1. The molecule has 5 rings (SSSR count). The summed E-state index contributed by atoms with van der Waals surface area (Å²) < 4.78 is 32.6. The summed E-state index contributed by atoms with van der Waals surface area (Å²) in [7, 11) is -3.72. The average molecular weight is 515 g/mol. The minimum Gasteiger partial charge on any atom is -0.349 e. The molecule has 0 aliphatic carbocycles. The molecule has 11 nitrogen and oxygen atoms in total. The summed E-state index contributed by atoms with van der Waals surface area (Å²) in [6.07, 6.45) is 0. The number of benzene rings is 3. The number of sulfonamides is 1. The number of nitriles is 1. The molecule has 0 fully saturated rings. The van der Waals surface area contributed by atoms with E-state index in [-0.39, 0.29) is 34.1 Å². The third kappa shape index (κ3) is 5.12. The Balaban J connectivity index is 1.43. The fourth-order valence-electron chi connectivity index (χ4n) is 3.82. The zero-order valence-corrected chi connectivity index (χ0v) is 19.8. The van der Waals surface area contributed by atoms with Gasteiger partial charge in [0.2, 0.25) is 10.0 Å². The molecule has 0 spiro atoms. The van der Waals surface area contributed by atoms with Gasteiger partial charge < -0.3 is 10.3 Å². The van der Waals surface area contributed by atoms with Crippen LogP contribution in [-0.4, -0.2) is 29.4 Å². The molecule has 0 unspecified atom stereocenters. The number of rotatable bonds is 7. The second-order valence-electron chi connectivity index (χ2n) is 8.07. The van der Waals surface area contributed by atoms with Crippen molar-refractivity contribution in [3.05, 3.63) is 100 Å². The van der Waals surface area contributed by atoms with Crippen molar-refractivity contribution in [2.24, 2.45) is 0 Å². The van der Waals surface area contributed by atoms with E-state index < -0.39 is 21.7 Å². The van der Waals surface area contributed by atoms with Gasteiger partial charge in [-0.3, -0.25) is 19.0 Å². The Kier molecular flexibility index (Phi) is 6.04. The molecular formula is C25H18N6O5S. The highest BCUT2D eigenvalue weighted by Crippen LogP contribution is 2.28. The fraction of sp³-hybridized carbons (Fsp3) is 0.0400. The number of fused-ring (bicyclic) bond motifs is 1. The first-order valence-electron chi connectivity index (χ1n) is 10.9. The Bertz CT molecular complexity index is 1830. The predicted octanol–water partition coefficient (Wildman–Crippen LogP) is 3.58. The van der Waals surface area contributed by atoms with Gasteiger partial charge in [-0.1, -0.05) is 47.6 Å². The minimum absolute atomic E-state index is 0.0455. The average Bonchev–Trinajstić information content (AvgIpc) is 3.51. The van der Waals surface area contributed by atoms with Crippen LogP contribution >= 0.6 is 0 Å². The standard InChI is InChI=1S/C25H18N6O5S/c26-13-16-9-10-19(18(11-16)23-29-25(33)36-30-23)28-24(32)21-12-17-7-4-8-20(22(17)27-21)31-37(34,35)14-15-5-2-1-3-6-15/h1-12,27,31H,14H2,(H,28,32)(H,29,30,33). The molecule has 3 aromatic carbocycles. The monoisotopic (exact) mass is 514 g/mol. The second-order valence-corrected chi connectivity index (χ2v) is 9.79. The molecule has 0 radical (unpaired) electrons. The number of anilines is 2. The number of aromatic amines is 2. The summed E-state index contributed by atoms with van der Waals surface area (Å²) in [6, 6.07) is 21.8. The molecule has 2 aromatic heterocycles. The molecule has 4 N–H and O–H groups in total. The van der Waals surface area contributed by atoms with Gasteiger partial charge in [-0.15, -0.1) is 0 Å². The Hall–Kier alpha value is -5.15. The maximum absolute atomic E-state index is 13.1. The highest BCUT2D eigenvalue weighted by atomic mass is 32.2. The fourth-order valence-corrected chi connectivity index (χ4v) is 5.02. The van der Waals surface area contributed by atoms with Crippen LogP contribution < -0.4 is 15.8 Å². The lowest BCUT2D eigenvalue weighted by Gasteiger charge is -2.10. The first kappa shape index (κ1) is 23.6. The summed E-state index contributed by atoms with van der Waals surface area (Å²) in [5, 5.41) is 16.2. The van der Waals surface area contributed by atoms with Crippen LogP contribution in [0, 0.1) is 11.3 Å². The lowest BCUT2D eigenvalue weighted by atomic mass is 10.1. The van der Waals surface area contributed by atoms with Crippen LogP contribution in [0.5, 0.6) is 0 Å². The summed E-state index contributed by atoms with van der Waals surface area (Å²) >= 11 is 0. The SMILES string of the molecule is N#Cc1ccc(NC(=O)c2cc3cccc(NS(=O)(=O)Cc4ccccc4)c3[nH]2)c(-c2noc(=O)[nH]2)c1. The molecule has 37 heavy (non-hydrogen) atoms. The molecule has 1 amide bonds. The van der Waals surface area contributed by atoms with Crippen LogP contribution in [0.2, 0.25) is 0 Å². The summed E-state index contributed by atoms with van der Waals surface area (Å²) in [5.74, 6) is -1.48. The number of hydrogen-bond acceptors (Lipinski definition) is 7. The lowest BCUT2D eigenvalue weighted by molar-refractivity contribution is 0.102. The predicted molar refractivity (Wildman–Crippen MR) is 136 cm³/mol. The zero-order chi connectivity index (χ0) is 26.0. The zero-order valence-electron chi connectivity index (χ0n) is 19.0. The van der Waals surface area contributed by atoms with E-state index in [1.54, 1.807) is 48.5 Å². The van der Waals surface area contributed by atoms with Crippen molar-refractivity contribution in [1.82, 2.24) is 15.1 Å². The number of H-pyrrole nitrogens is 2. The highest BCUT2D eigenvalue weighted by Gasteiger charge is 2.18. The summed E-state index contributed by atoms with van der Waals surface area (Å²) in [6.45, 7) is 0. The number of carbonyl (C=O) groups excluding carboxylic acids is 1. The maximum Gasteiger partial charge on any atom is 0.439 e. The second kappa shape index (κ2) is 9.48. The van der Waals surface area contributed by atoms with Crippen molar-refractivity contribution < 1.29 is 17.7 Å². The molecular weight excluding hydrogens is 496 g/mol. The van der Waals surface area contributed by atoms with E-state index in [4.69, 9.17) is 0 Å². The van der Waals surface area contributed by atoms with Crippen LogP contribution in [0.15, 0.2) is 82.1 Å². The Morgan fingerprint density at radius 2 is 1.81 bits per heavy atom. The third-order valence-electron chi connectivity index (χ3n) is 5.46. The molecule has 2 heterocycles. The number of hydrogen-bond donors (Lipinski definition) is 4. The smallest absolute Gasteiger partial charge is 0.349 e. The molecule has 0 saturated carbocycles. The summed E-state index contributed by atoms with van der Waals surface area (Å²) in [5.41, 5.74) is 2.38. The van der Waals surface area contributed by atoms with E-state index in [1.165, 1.54) is 18.2 Å². The number of amides is 1. The van der Waals surface area contributed by atoms with Gasteiger partial charge in [0.05, 0.1) is 34.3 Å². The molecule has 0 aliphatic rings. The first-order chi connectivity index (χ1) is 17.8. The van der Waals surface area contributed by atoms with E-state index in [1.807, 2.05) is 12.1 Å². The van der Waals surface area contributed by atoms with Crippen molar-refractivity contribution in [2.75, 3.05) is 10.0 Å². The molecule has 0 saturated heterocycles. The number of para-hydroxylation sites is 1. The minimum atomic E-state index is -3.72. The Morgan fingerprint density at radius 3 is 2.54 bits per heavy atom. The van der Waals surface area contributed by atoms with E-state index in [9.17, 15) is 23.3 Å². The first-order valence-corrected chi connectivity index (χ1v) is 12.5. The van der Waals surface area contributed by atoms with Gasteiger partial charge >= 0.3 is 5.76 Å².